The minimum absolute atomic E-state index is 0.0344. The highest BCUT2D eigenvalue weighted by Gasteiger charge is 2.30. The molecule has 39 heavy (non-hydrogen) atoms. The molecule has 0 radical (unpaired) electrons. The zero-order valence-corrected chi connectivity index (χ0v) is 21.9. The predicted octanol–water partition coefficient (Wildman–Crippen LogP) is 4.43. The minimum atomic E-state index is -4.43. The number of amides is 1. The van der Waals surface area contributed by atoms with Gasteiger partial charge in [0.1, 0.15) is 17.8 Å². The molecule has 0 saturated heterocycles. The molecule has 0 aliphatic rings. The zero-order valence-electron chi connectivity index (χ0n) is 21.1. The summed E-state index contributed by atoms with van der Waals surface area (Å²) in [4.78, 5) is 17.5. The Balaban J connectivity index is 1.53. The van der Waals surface area contributed by atoms with E-state index in [9.17, 15) is 31.5 Å². The number of ether oxygens (including phenoxy) is 1. The van der Waals surface area contributed by atoms with E-state index in [0.717, 1.165) is 12.1 Å². The fourth-order valence-corrected chi connectivity index (χ4v) is 4.96. The molecule has 0 fully saturated rings. The van der Waals surface area contributed by atoms with Crippen molar-refractivity contribution < 1.29 is 36.2 Å². The molecule has 0 spiro atoms. The Morgan fingerprint density at radius 2 is 1.77 bits per heavy atom. The molecule has 2 N–H and O–H groups in total. The molecule has 0 aliphatic carbocycles. The molecule has 1 amide bonds. The number of aliphatic hydroxyl groups excluding tert-OH is 1. The maximum Gasteiger partial charge on any atom is 0.416 e. The van der Waals surface area contributed by atoms with E-state index in [4.69, 9.17) is 4.74 Å². The number of carbonyl (C=O) groups is 1. The summed E-state index contributed by atoms with van der Waals surface area (Å²) < 4.78 is 69.9. The first-order valence-corrected chi connectivity index (χ1v) is 13.6. The number of sulfone groups is 1. The third-order valence-corrected chi connectivity index (χ3v) is 8.06. The Morgan fingerprint density at radius 3 is 2.36 bits per heavy atom. The number of aliphatic hydroxyl groups is 1. The lowest BCUT2D eigenvalue weighted by Crippen LogP contribution is -2.32. The predicted molar refractivity (Wildman–Crippen MR) is 138 cm³/mol. The number of hydrogen-bond acceptors (Lipinski definition) is 6. The van der Waals surface area contributed by atoms with Crippen LogP contribution in [0, 0.1) is 0 Å². The molecule has 1 atom stereocenters. The molecule has 2 aromatic carbocycles. The Bertz CT molecular complexity index is 1580. The first-order valence-electron chi connectivity index (χ1n) is 11.9. The van der Waals surface area contributed by atoms with E-state index in [2.05, 4.69) is 10.3 Å². The number of halogens is 3. The maximum absolute atomic E-state index is 13.2. The van der Waals surface area contributed by atoms with Gasteiger partial charge in [-0.1, -0.05) is 31.2 Å². The largest absolute Gasteiger partial charge is 0.471 e. The molecular formula is C27H26F3N3O5S. The number of nitrogens with one attached hydrogen (secondary N) is 1. The summed E-state index contributed by atoms with van der Waals surface area (Å²) in [5.41, 5.74) is 1.04. The highest BCUT2D eigenvalue weighted by Crippen LogP contribution is 2.30. The van der Waals surface area contributed by atoms with Crippen molar-refractivity contribution in [3.63, 3.8) is 0 Å². The van der Waals surface area contributed by atoms with Crippen LogP contribution in [0.1, 0.15) is 40.1 Å². The van der Waals surface area contributed by atoms with Gasteiger partial charge in [-0.05, 0) is 47.5 Å². The van der Waals surface area contributed by atoms with Crippen LogP contribution in [0.2, 0.25) is 0 Å². The average Bonchev–Trinajstić information content (AvgIpc) is 3.27. The number of aryl methyl sites for hydroxylation is 1. The topological polar surface area (TPSA) is 111 Å². The van der Waals surface area contributed by atoms with Gasteiger partial charge >= 0.3 is 6.18 Å². The summed E-state index contributed by atoms with van der Waals surface area (Å²) >= 11 is 0. The van der Waals surface area contributed by atoms with Crippen LogP contribution in [0.15, 0.2) is 71.8 Å². The minimum Gasteiger partial charge on any atom is -0.471 e. The number of rotatable bonds is 9. The summed E-state index contributed by atoms with van der Waals surface area (Å²) in [5, 5.41) is 13.3. The molecule has 8 nitrogen and oxygen atoms in total. The number of hydrogen-bond donors (Lipinski definition) is 2. The van der Waals surface area contributed by atoms with Crippen molar-refractivity contribution in [2.24, 2.45) is 7.05 Å². The molecule has 206 valence electrons. The summed E-state index contributed by atoms with van der Waals surface area (Å²) in [5.74, 6) is -0.342. The van der Waals surface area contributed by atoms with E-state index >= 15 is 0 Å². The molecular weight excluding hydrogens is 535 g/mol. The van der Waals surface area contributed by atoms with Gasteiger partial charge in [-0.3, -0.25) is 4.79 Å². The van der Waals surface area contributed by atoms with Crippen LogP contribution in [-0.4, -0.2) is 41.3 Å². The number of alkyl halides is 3. The number of fused-ring (bicyclic) bond motifs is 1. The van der Waals surface area contributed by atoms with Crippen molar-refractivity contribution >= 4 is 26.6 Å². The van der Waals surface area contributed by atoms with E-state index < -0.39 is 40.1 Å². The molecule has 0 saturated carbocycles. The average molecular weight is 562 g/mol. The molecule has 2 heterocycles. The van der Waals surface area contributed by atoms with Crippen LogP contribution < -0.4 is 10.1 Å². The second-order valence-corrected chi connectivity index (χ2v) is 11.1. The van der Waals surface area contributed by atoms with Crippen molar-refractivity contribution in [2.75, 3.05) is 12.4 Å². The van der Waals surface area contributed by atoms with E-state index in [0.29, 0.717) is 22.0 Å². The van der Waals surface area contributed by atoms with E-state index in [1.54, 1.807) is 42.8 Å². The van der Waals surface area contributed by atoms with Crippen LogP contribution in [0.25, 0.3) is 10.9 Å². The van der Waals surface area contributed by atoms with E-state index in [-0.39, 0.29) is 28.8 Å². The van der Waals surface area contributed by atoms with Gasteiger partial charge in [0, 0.05) is 18.6 Å². The molecule has 0 unspecified atom stereocenters. The fourth-order valence-electron chi connectivity index (χ4n) is 4.07. The van der Waals surface area contributed by atoms with Gasteiger partial charge in [-0.25, -0.2) is 13.4 Å². The first-order chi connectivity index (χ1) is 18.4. The van der Waals surface area contributed by atoms with Crippen LogP contribution in [-0.2, 0) is 29.7 Å². The van der Waals surface area contributed by atoms with Crippen LogP contribution in [0.5, 0.6) is 5.88 Å². The van der Waals surface area contributed by atoms with Gasteiger partial charge in [0.25, 0.3) is 5.91 Å². The third-order valence-electron chi connectivity index (χ3n) is 6.31. The Hall–Kier alpha value is -3.90. The standard InChI is InChI=1S/C27H26F3N3O5S/c1-3-39(36,37)21-10-6-18(7-11-21)22(15-34)32-25(35)23-14-19-12-13-31-26(24(19)33(23)2)38-16-17-4-8-20(9-5-17)27(28,29)30/h4-14,22,34H,3,15-16H2,1-2H3,(H,32,35)/t22-/m0/s1. The highest BCUT2D eigenvalue weighted by atomic mass is 32.2. The maximum atomic E-state index is 13.2. The van der Waals surface area contributed by atoms with Crippen LogP contribution >= 0.6 is 0 Å². The quantitative estimate of drug-likeness (QED) is 0.313. The normalized spacial score (nSPS) is 12.9. The van der Waals surface area contributed by atoms with Crippen LogP contribution in [0.4, 0.5) is 13.2 Å². The number of benzene rings is 2. The number of nitrogens with zero attached hydrogens (tertiary/aromatic N) is 2. The summed E-state index contributed by atoms with van der Waals surface area (Å²) in [6.45, 7) is 1.09. The smallest absolute Gasteiger partial charge is 0.416 e. The second kappa shape index (κ2) is 11.1. The van der Waals surface area contributed by atoms with Crippen molar-refractivity contribution in [1.82, 2.24) is 14.9 Å². The molecule has 4 rings (SSSR count). The summed E-state index contributed by atoms with van der Waals surface area (Å²) in [7, 11) is -1.74. The lowest BCUT2D eigenvalue weighted by atomic mass is 10.1. The lowest BCUT2D eigenvalue weighted by Gasteiger charge is -2.17. The van der Waals surface area contributed by atoms with Crippen molar-refractivity contribution in [3.05, 3.63) is 89.2 Å². The molecule has 12 heteroatoms. The molecule has 2 aromatic heterocycles. The SMILES string of the molecule is CCS(=O)(=O)c1ccc([C@H](CO)NC(=O)c2cc3ccnc(OCc4ccc(C(F)(F)F)cc4)c3n2C)cc1. The van der Waals surface area contributed by atoms with Gasteiger partial charge in [0.05, 0.1) is 28.9 Å². The Morgan fingerprint density at radius 1 is 1.10 bits per heavy atom. The Kier molecular flexibility index (Phi) is 7.98. The number of aromatic nitrogens is 2. The van der Waals surface area contributed by atoms with Gasteiger partial charge in [-0.2, -0.15) is 13.2 Å². The molecule has 0 aliphatic heterocycles. The summed E-state index contributed by atoms with van der Waals surface area (Å²) in [6, 6.07) is 13.1. The Labute approximate surface area is 223 Å². The first kappa shape index (κ1) is 28.1. The van der Waals surface area contributed by atoms with Gasteiger partial charge in [0.2, 0.25) is 5.88 Å². The van der Waals surface area contributed by atoms with Gasteiger partial charge in [-0.15, -0.1) is 0 Å². The number of pyridine rings is 1. The monoisotopic (exact) mass is 561 g/mol. The van der Waals surface area contributed by atoms with Crippen molar-refractivity contribution in [3.8, 4) is 5.88 Å². The fraction of sp³-hybridized carbons (Fsp3) is 0.259. The second-order valence-electron chi connectivity index (χ2n) is 8.81. The zero-order chi connectivity index (χ0) is 28.4. The van der Waals surface area contributed by atoms with Gasteiger partial charge < -0.3 is 19.7 Å². The molecule has 0 bridgehead atoms. The molecule has 4 aromatic rings. The number of carbonyl (C=O) groups excluding carboxylic acids is 1. The van der Waals surface area contributed by atoms with Gasteiger partial charge in [0.15, 0.2) is 9.84 Å². The van der Waals surface area contributed by atoms with E-state index in [1.807, 2.05) is 0 Å². The summed E-state index contributed by atoms with van der Waals surface area (Å²) in [6.07, 6.45) is -2.94. The third kappa shape index (κ3) is 6.07. The van der Waals surface area contributed by atoms with E-state index in [1.165, 1.54) is 30.5 Å². The lowest BCUT2D eigenvalue weighted by molar-refractivity contribution is -0.137. The van der Waals surface area contributed by atoms with Crippen LogP contribution in [0.3, 0.4) is 0 Å². The van der Waals surface area contributed by atoms with Crippen molar-refractivity contribution in [2.45, 2.75) is 30.6 Å². The van der Waals surface area contributed by atoms with Crippen molar-refractivity contribution in [1.29, 1.82) is 0 Å². The highest BCUT2D eigenvalue weighted by molar-refractivity contribution is 7.91.